The lowest BCUT2D eigenvalue weighted by Crippen LogP contribution is -2.38. The fourth-order valence-corrected chi connectivity index (χ4v) is 4.03. The number of fused-ring (bicyclic) bond motifs is 1. The fourth-order valence-electron chi connectivity index (χ4n) is 2.83. The van der Waals surface area contributed by atoms with Crippen LogP contribution in [0.1, 0.15) is 12.0 Å². The molecule has 2 aromatic rings. The molecule has 0 aliphatic carbocycles. The molecule has 1 fully saturated rings. The van der Waals surface area contributed by atoms with Crippen LogP contribution in [-0.4, -0.2) is 54.2 Å². The minimum atomic E-state index is -3.28. The van der Waals surface area contributed by atoms with Gasteiger partial charge in [-0.15, -0.1) is 0 Å². The van der Waals surface area contributed by atoms with E-state index >= 15 is 0 Å². The van der Waals surface area contributed by atoms with Crippen LogP contribution in [-0.2, 0) is 16.6 Å². The predicted molar refractivity (Wildman–Crippen MR) is 82.1 cm³/mol. The molecule has 3 heterocycles. The van der Waals surface area contributed by atoms with E-state index < -0.39 is 10.2 Å². The maximum absolute atomic E-state index is 12.1. The standard InChI is InChI=1S/C14H20N4O2S/c1-17(2)21(19,20)18-6-4-11(10-18)7-12-8-13-3-5-15-14(13)16-9-12/h3,5,8-9,11H,4,6-7,10H2,1-2H3,(H,15,16)/t11-/m1/s1. The maximum atomic E-state index is 12.1. The van der Waals surface area contributed by atoms with Crippen molar-refractivity contribution in [3.63, 3.8) is 0 Å². The van der Waals surface area contributed by atoms with Crippen molar-refractivity contribution in [2.45, 2.75) is 12.8 Å². The smallest absolute Gasteiger partial charge is 0.281 e. The van der Waals surface area contributed by atoms with Gasteiger partial charge in [0.1, 0.15) is 5.65 Å². The lowest BCUT2D eigenvalue weighted by atomic mass is 9.99. The predicted octanol–water partition coefficient (Wildman–Crippen LogP) is 1.23. The van der Waals surface area contributed by atoms with Gasteiger partial charge in [0.2, 0.25) is 0 Å². The first-order valence-corrected chi connectivity index (χ1v) is 8.46. The summed E-state index contributed by atoms with van der Waals surface area (Å²) in [5.41, 5.74) is 2.05. The van der Waals surface area contributed by atoms with Crippen LogP contribution in [0, 0.1) is 5.92 Å². The summed E-state index contributed by atoms with van der Waals surface area (Å²) in [6.45, 7) is 1.19. The first-order chi connectivity index (χ1) is 9.96. The summed E-state index contributed by atoms with van der Waals surface area (Å²) in [4.78, 5) is 7.46. The van der Waals surface area contributed by atoms with Crippen molar-refractivity contribution in [1.29, 1.82) is 0 Å². The second-order valence-electron chi connectivity index (χ2n) is 5.77. The molecule has 0 amide bonds. The minimum absolute atomic E-state index is 0.359. The van der Waals surface area contributed by atoms with E-state index in [2.05, 4.69) is 16.0 Å². The Kier molecular flexibility index (Phi) is 3.73. The number of hydrogen-bond donors (Lipinski definition) is 1. The van der Waals surface area contributed by atoms with Crippen molar-refractivity contribution >= 4 is 21.2 Å². The number of rotatable bonds is 4. The highest BCUT2D eigenvalue weighted by Gasteiger charge is 2.32. The molecule has 0 spiro atoms. The molecule has 1 atom stereocenters. The molecule has 7 heteroatoms. The van der Waals surface area contributed by atoms with E-state index in [1.807, 2.05) is 18.5 Å². The van der Waals surface area contributed by atoms with Gasteiger partial charge in [0.15, 0.2) is 0 Å². The summed E-state index contributed by atoms with van der Waals surface area (Å²) in [6.07, 6.45) is 5.52. The van der Waals surface area contributed by atoms with Gasteiger partial charge >= 0.3 is 0 Å². The van der Waals surface area contributed by atoms with Gasteiger partial charge in [0.05, 0.1) is 0 Å². The van der Waals surface area contributed by atoms with E-state index in [0.717, 1.165) is 29.4 Å². The molecule has 1 aliphatic heterocycles. The third-order valence-electron chi connectivity index (χ3n) is 4.02. The molecule has 3 rings (SSSR count). The highest BCUT2D eigenvalue weighted by molar-refractivity contribution is 7.86. The van der Waals surface area contributed by atoms with Crippen molar-refractivity contribution in [1.82, 2.24) is 18.6 Å². The van der Waals surface area contributed by atoms with Crippen molar-refractivity contribution in [2.75, 3.05) is 27.2 Å². The summed E-state index contributed by atoms with van der Waals surface area (Å²) in [5.74, 6) is 0.359. The highest BCUT2D eigenvalue weighted by atomic mass is 32.2. The van der Waals surface area contributed by atoms with Gasteiger partial charge in [0, 0.05) is 45.0 Å². The molecular formula is C14H20N4O2S. The molecule has 6 nitrogen and oxygen atoms in total. The van der Waals surface area contributed by atoms with Gasteiger partial charge in [-0.3, -0.25) is 0 Å². The summed E-state index contributed by atoms with van der Waals surface area (Å²) < 4.78 is 27.1. The first kappa shape index (κ1) is 14.5. The lowest BCUT2D eigenvalue weighted by molar-refractivity contribution is 0.409. The van der Waals surface area contributed by atoms with Gasteiger partial charge in [-0.2, -0.15) is 17.0 Å². The van der Waals surface area contributed by atoms with Crippen molar-refractivity contribution in [3.05, 3.63) is 30.1 Å². The summed E-state index contributed by atoms with van der Waals surface area (Å²) in [7, 11) is -0.130. The largest absolute Gasteiger partial charge is 0.346 e. The van der Waals surface area contributed by atoms with Crippen molar-refractivity contribution in [2.24, 2.45) is 5.92 Å². The van der Waals surface area contributed by atoms with Gasteiger partial charge in [-0.1, -0.05) is 0 Å². The molecule has 1 saturated heterocycles. The number of nitrogens with zero attached hydrogens (tertiary/aromatic N) is 3. The van der Waals surface area contributed by atoms with Gasteiger partial charge in [-0.25, -0.2) is 4.98 Å². The number of nitrogens with one attached hydrogen (secondary N) is 1. The summed E-state index contributed by atoms with van der Waals surface area (Å²) >= 11 is 0. The second-order valence-corrected chi connectivity index (χ2v) is 7.91. The molecular weight excluding hydrogens is 288 g/mol. The van der Waals surface area contributed by atoms with E-state index in [1.54, 1.807) is 18.4 Å². The Morgan fingerprint density at radius 3 is 3.05 bits per heavy atom. The SMILES string of the molecule is CN(C)S(=O)(=O)N1CC[C@H](Cc2cnc3[nH]ccc3c2)C1. The van der Waals surface area contributed by atoms with Gasteiger partial charge < -0.3 is 4.98 Å². The zero-order valence-electron chi connectivity index (χ0n) is 12.3. The highest BCUT2D eigenvalue weighted by Crippen LogP contribution is 2.24. The van der Waals surface area contributed by atoms with Crippen LogP contribution in [0.5, 0.6) is 0 Å². The Morgan fingerprint density at radius 2 is 2.29 bits per heavy atom. The van der Waals surface area contributed by atoms with Crippen molar-refractivity contribution in [3.8, 4) is 0 Å². The van der Waals surface area contributed by atoms with E-state index in [4.69, 9.17) is 0 Å². The average molecular weight is 308 g/mol. The Hall–Kier alpha value is -1.44. The molecule has 0 radical (unpaired) electrons. The van der Waals surface area contributed by atoms with Gasteiger partial charge in [-0.05, 0) is 36.5 Å². The first-order valence-electron chi connectivity index (χ1n) is 7.06. The van der Waals surface area contributed by atoms with Gasteiger partial charge in [0.25, 0.3) is 10.2 Å². The maximum Gasteiger partial charge on any atom is 0.281 e. The summed E-state index contributed by atoms with van der Waals surface area (Å²) in [6, 6.07) is 4.13. The topological polar surface area (TPSA) is 69.3 Å². The van der Waals surface area contributed by atoms with Crippen molar-refractivity contribution < 1.29 is 8.42 Å². The third kappa shape index (κ3) is 2.81. The molecule has 0 bridgehead atoms. The molecule has 1 aliphatic rings. The zero-order chi connectivity index (χ0) is 15.0. The molecule has 0 saturated carbocycles. The molecule has 0 aromatic carbocycles. The van der Waals surface area contributed by atoms with Crippen LogP contribution in [0.3, 0.4) is 0 Å². The number of hydrogen-bond acceptors (Lipinski definition) is 3. The van der Waals surface area contributed by atoms with E-state index in [9.17, 15) is 8.42 Å². The molecule has 21 heavy (non-hydrogen) atoms. The van der Waals surface area contributed by atoms with E-state index in [-0.39, 0.29) is 0 Å². The van der Waals surface area contributed by atoms with Crippen LogP contribution in [0.15, 0.2) is 24.5 Å². The average Bonchev–Trinajstić information content (AvgIpc) is 3.06. The number of aromatic amines is 1. The molecule has 2 aromatic heterocycles. The van der Waals surface area contributed by atoms with E-state index in [1.165, 1.54) is 4.31 Å². The Balaban J connectivity index is 1.69. The molecule has 1 N–H and O–H groups in total. The monoisotopic (exact) mass is 308 g/mol. The lowest BCUT2D eigenvalue weighted by Gasteiger charge is -2.20. The van der Waals surface area contributed by atoms with Crippen LogP contribution < -0.4 is 0 Å². The minimum Gasteiger partial charge on any atom is -0.346 e. The number of H-pyrrole nitrogens is 1. The second kappa shape index (κ2) is 5.40. The fraction of sp³-hybridized carbons (Fsp3) is 0.500. The Bertz CT molecular complexity index is 738. The van der Waals surface area contributed by atoms with Crippen LogP contribution in [0.25, 0.3) is 11.0 Å². The van der Waals surface area contributed by atoms with Crippen LogP contribution in [0.4, 0.5) is 0 Å². The third-order valence-corrected chi connectivity index (χ3v) is 5.92. The Morgan fingerprint density at radius 1 is 1.48 bits per heavy atom. The molecule has 0 unspecified atom stereocenters. The zero-order valence-corrected chi connectivity index (χ0v) is 13.1. The quantitative estimate of drug-likeness (QED) is 0.924. The normalized spacial score (nSPS) is 20.6. The van der Waals surface area contributed by atoms with Crippen LogP contribution in [0.2, 0.25) is 0 Å². The number of pyridine rings is 1. The number of aromatic nitrogens is 2. The Labute approximate surface area is 125 Å². The van der Waals surface area contributed by atoms with E-state index in [0.29, 0.717) is 19.0 Å². The summed E-state index contributed by atoms with van der Waals surface area (Å²) in [5, 5.41) is 1.10. The van der Waals surface area contributed by atoms with Crippen LogP contribution >= 0.6 is 0 Å². The molecule has 114 valence electrons.